The van der Waals surface area contributed by atoms with Crippen LogP contribution in [0.2, 0.25) is 0 Å². The van der Waals surface area contributed by atoms with Crippen molar-refractivity contribution < 1.29 is 9.90 Å². The summed E-state index contributed by atoms with van der Waals surface area (Å²) < 4.78 is 0. The molecular formula is C9H10O2. The number of carboxylic acid groups (broad SMARTS) is 1. The first kappa shape index (κ1) is 9.59. The molecule has 0 spiro atoms. The van der Waals surface area contributed by atoms with Gasteiger partial charge in [-0.2, -0.15) is 0 Å². The molecule has 0 heterocycles. The first-order chi connectivity index (χ1) is 4.92. The molecule has 0 atom stereocenters. The summed E-state index contributed by atoms with van der Waals surface area (Å²) in [5.74, 6) is 8.25. The van der Waals surface area contributed by atoms with Gasteiger partial charge in [-0.1, -0.05) is 5.92 Å². The van der Waals surface area contributed by atoms with Gasteiger partial charge in [-0.15, -0.1) is 0 Å². The third kappa shape index (κ3) is 8.59. The van der Waals surface area contributed by atoms with Crippen LogP contribution in [-0.4, -0.2) is 11.1 Å². The molecule has 0 radical (unpaired) electrons. The lowest BCUT2D eigenvalue weighted by atomic mass is 9.98. The molecular weight excluding hydrogens is 140 g/mol. The molecule has 2 nitrogen and oxygen atoms in total. The lowest BCUT2D eigenvalue weighted by Crippen LogP contribution is -1.98. The Morgan fingerprint density at radius 3 is 2.18 bits per heavy atom. The largest absolute Gasteiger partial charge is 0.472 e. The molecule has 1 N–H and O–H groups in total. The molecule has 0 aromatic heterocycles. The molecule has 0 fully saturated rings. The predicted octanol–water partition coefficient (Wildman–Crippen LogP) is 1.12. The van der Waals surface area contributed by atoms with Crippen LogP contribution < -0.4 is 0 Å². The highest BCUT2D eigenvalue weighted by Crippen LogP contribution is 2.09. The second kappa shape index (κ2) is 3.68. The van der Waals surface area contributed by atoms with E-state index in [4.69, 9.17) is 5.11 Å². The predicted molar refractivity (Wildman–Crippen MR) is 42.6 cm³/mol. The Balaban J connectivity index is 4.16. The first-order valence-corrected chi connectivity index (χ1v) is 3.18. The van der Waals surface area contributed by atoms with Crippen molar-refractivity contribution in [1.29, 1.82) is 0 Å². The van der Waals surface area contributed by atoms with Gasteiger partial charge in [-0.05, 0) is 32.6 Å². The van der Waals surface area contributed by atoms with Crippen LogP contribution in [0.25, 0.3) is 0 Å². The van der Waals surface area contributed by atoms with Gasteiger partial charge in [0.1, 0.15) is 0 Å². The lowest BCUT2D eigenvalue weighted by molar-refractivity contribution is -0.130. The topological polar surface area (TPSA) is 37.3 Å². The summed E-state index contributed by atoms with van der Waals surface area (Å²) >= 11 is 0. The molecule has 0 unspecified atom stereocenters. The summed E-state index contributed by atoms with van der Waals surface area (Å²) in [5, 5.41) is 8.10. The second-order valence-corrected chi connectivity index (χ2v) is 3.06. The van der Waals surface area contributed by atoms with Crippen molar-refractivity contribution in [1.82, 2.24) is 0 Å². The van der Waals surface area contributed by atoms with Gasteiger partial charge in [-0.3, -0.25) is 0 Å². The molecule has 0 amide bonds. The van der Waals surface area contributed by atoms with E-state index in [0.717, 1.165) is 0 Å². The minimum Gasteiger partial charge on any atom is -0.472 e. The summed E-state index contributed by atoms with van der Waals surface area (Å²) in [4.78, 5) is 9.88. The summed E-state index contributed by atoms with van der Waals surface area (Å²) in [6.07, 6.45) is 0. The molecule has 0 rings (SSSR count). The van der Waals surface area contributed by atoms with Gasteiger partial charge >= 0.3 is 5.97 Å². The molecule has 0 aromatic carbocycles. The van der Waals surface area contributed by atoms with E-state index in [1.54, 1.807) is 0 Å². The number of aliphatic carboxylic acids is 1. The van der Waals surface area contributed by atoms with Crippen molar-refractivity contribution >= 4 is 5.97 Å². The van der Waals surface area contributed by atoms with Crippen LogP contribution in [0.4, 0.5) is 0 Å². The molecule has 0 aromatic rings. The van der Waals surface area contributed by atoms with Crippen LogP contribution in [-0.2, 0) is 4.79 Å². The molecule has 0 saturated carbocycles. The molecule has 0 aliphatic carbocycles. The lowest BCUT2D eigenvalue weighted by Gasteiger charge is -2.05. The highest BCUT2D eigenvalue weighted by Gasteiger charge is 2.02. The van der Waals surface area contributed by atoms with Crippen molar-refractivity contribution in [2.45, 2.75) is 20.8 Å². The van der Waals surface area contributed by atoms with Gasteiger partial charge in [0, 0.05) is 11.3 Å². The summed E-state index contributed by atoms with van der Waals surface area (Å²) in [7, 11) is 0. The number of carbonyl (C=O) groups is 1. The summed E-state index contributed by atoms with van der Waals surface area (Å²) in [6.45, 7) is 5.80. The smallest absolute Gasteiger partial charge is 0.382 e. The van der Waals surface area contributed by atoms with Gasteiger partial charge in [-0.25, -0.2) is 4.79 Å². The van der Waals surface area contributed by atoms with E-state index in [-0.39, 0.29) is 5.41 Å². The van der Waals surface area contributed by atoms with Crippen molar-refractivity contribution in [3.8, 4) is 23.7 Å². The van der Waals surface area contributed by atoms with Gasteiger partial charge in [0.2, 0.25) is 0 Å². The highest BCUT2D eigenvalue weighted by atomic mass is 16.4. The van der Waals surface area contributed by atoms with Gasteiger partial charge < -0.3 is 5.11 Å². The number of hydrogen-bond donors (Lipinski definition) is 1. The number of rotatable bonds is 0. The average Bonchev–Trinajstić information content (AvgIpc) is 1.78. The van der Waals surface area contributed by atoms with Crippen LogP contribution in [0.15, 0.2) is 0 Å². The molecule has 2 heteroatoms. The Morgan fingerprint density at radius 2 is 1.82 bits per heavy atom. The normalized spacial score (nSPS) is 8.64. The zero-order valence-electron chi connectivity index (χ0n) is 6.86. The Hall–Kier alpha value is -1.41. The fourth-order valence-electron chi connectivity index (χ4n) is 0.303. The SMILES string of the molecule is CC(C)(C)C#CC#CC(=O)O. The molecule has 11 heavy (non-hydrogen) atoms. The van der Waals surface area contributed by atoms with Crippen molar-refractivity contribution in [3.05, 3.63) is 0 Å². The minimum atomic E-state index is -1.15. The van der Waals surface area contributed by atoms with Gasteiger partial charge in [0.25, 0.3) is 0 Å². The van der Waals surface area contributed by atoms with Crippen LogP contribution in [0.1, 0.15) is 20.8 Å². The molecule has 0 aliphatic rings. The summed E-state index contributed by atoms with van der Waals surface area (Å²) in [5.41, 5.74) is -0.118. The molecule has 0 aliphatic heterocycles. The minimum absolute atomic E-state index is 0.118. The molecule has 58 valence electrons. The van der Waals surface area contributed by atoms with E-state index < -0.39 is 5.97 Å². The maximum Gasteiger partial charge on any atom is 0.382 e. The molecule has 0 bridgehead atoms. The van der Waals surface area contributed by atoms with Crippen molar-refractivity contribution in [2.24, 2.45) is 5.41 Å². The zero-order chi connectivity index (χ0) is 8.91. The Labute approximate surface area is 66.6 Å². The standard InChI is InChI=1S/C9H10O2/c1-9(2,3)7-5-4-6-8(10)11/h1-3H3,(H,10,11). The second-order valence-electron chi connectivity index (χ2n) is 3.06. The van der Waals surface area contributed by atoms with E-state index in [1.807, 2.05) is 26.7 Å². The van der Waals surface area contributed by atoms with Gasteiger partial charge in [0.05, 0.1) is 0 Å². The van der Waals surface area contributed by atoms with Crippen LogP contribution in [0.3, 0.4) is 0 Å². The van der Waals surface area contributed by atoms with E-state index in [9.17, 15) is 4.79 Å². The number of hydrogen-bond acceptors (Lipinski definition) is 1. The fraction of sp³-hybridized carbons (Fsp3) is 0.444. The monoisotopic (exact) mass is 150 g/mol. The maximum absolute atomic E-state index is 9.88. The van der Waals surface area contributed by atoms with E-state index in [0.29, 0.717) is 0 Å². The Morgan fingerprint density at radius 1 is 1.27 bits per heavy atom. The quantitative estimate of drug-likeness (QED) is 0.525. The number of carboxylic acids is 1. The highest BCUT2D eigenvalue weighted by molar-refractivity contribution is 5.87. The van der Waals surface area contributed by atoms with Crippen LogP contribution in [0.5, 0.6) is 0 Å². The third-order valence-electron chi connectivity index (χ3n) is 0.669. The van der Waals surface area contributed by atoms with Crippen LogP contribution >= 0.6 is 0 Å². The zero-order valence-corrected chi connectivity index (χ0v) is 6.86. The van der Waals surface area contributed by atoms with Crippen LogP contribution in [0, 0.1) is 29.1 Å². The fourth-order valence-corrected chi connectivity index (χ4v) is 0.303. The molecule has 0 saturated heterocycles. The summed E-state index contributed by atoms with van der Waals surface area (Å²) in [6, 6.07) is 0. The Bertz CT molecular complexity index is 260. The third-order valence-corrected chi connectivity index (χ3v) is 0.669. The maximum atomic E-state index is 9.88. The average molecular weight is 150 g/mol. The first-order valence-electron chi connectivity index (χ1n) is 3.18. The Kier molecular flexibility index (Phi) is 3.21. The van der Waals surface area contributed by atoms with E-state index in [1.165, 1.54) is 0 Å². The van der Waals surface area contributed by atoms with Crippen molar-refractivity contribution in [3.63, 3.8) is 0 Å². The van der Waals surface area contributed by atoms with E-state index in [2.05, 4.69) is 17.8 Å². The van der Waals surface area contributed by atoms with Gasteiger partial charge in [0.15, 0.2) is 0 Å². The van der Waals surface area contributed by atoms with E-state index >= 15 is 0 Å². The van der Waals surface area contributed by atoms with Crippen molar-refractivity contribution in [2.75, 3.05) is 0 Å².